The molecule has 0 aliphatic rings. The van der Waals surface area contributed by atoms with E-state index in [9.17, 15) is 0 Å². The molecule has 3 N–H and O–H groups in total. The first-order valence-electron chi connectivity index (χ1n) is 2.92. The summed E-state index contributed by atoms with van der Waals surface area (Å²) in [6.45, 7) is 0. The molecule has 0 aliphatic heterocycles. The third kappa shape index (κ3) is 3.60. The lowest BCUT2D eigenvalue weighted by atomic mass is 10.5. The van der Waals surface area contributed by atoms with Crippen LogP contribution >= 0.6 is 47.4 Å². The number of hydrogen-bond acceptors (Lipinski definition) is 3. The number of halogens is 3. The summed E-state index contributed by atoms with van der Waals surface area (Å²) in [6.07, 6.45) is 2.91. The smallest absolute Gasteiger partial charge is 0.156 e. The van der Waals surface area contributed by atoms with Gasteiger partial charge >= 0.3 is 0 Å². The molecule has 7 heteroatoms. The maximum atomic E-state index is 7.03. The zero-order valence-corrected chi connectivity index (χ0v) is 9.40. The predicted octanol–water partition coefficient (Wildman–Crippen LogP) is 2.80. The molecule has 0 spiro atoms. The van der Waals surface area contributed by atoms with Gasteiger partial charge in [0.1, 0.15) is 0 Å². The van der Waals surface area contributed by atoms with Crippen LogP contribution in [0.15, 0.2) is 17.3 Å². The van der Waals surface area contributed by atoms with Crippen LogP contribution in [-0.2, 0) is 0 Å². The van der Waals surface area contributed by atoms with Gasteiger partial charge in [0.15, 0.2) is 5.17 Å². The number of nitrogens with one attached hydrogen (secondary N) is 1. The first-order valence-corrected chi connectivity index (χ1v) is 4.49. The highest BCUT2D eigenvalue weighted by Gasteiger charge is 2.07. The highest BCUT2D eigenvalue weighted by Crippen LogP contribution is 2.32. The second kappa shape index (κ2) is 5.54. The minimum Gasteiger partial charge on any atom is -0.378 e. The van der Waals surface area contributed by atoms with E-state index in [1.807, 2.05) is 0 Å². The van der Waals surface area contributed by atoms with Gasteiger partial charge in [-0.25, -0.2) is 0 Å². The molecule has 0 bridgehead atoms. The van der Waals surface area contributed by atoms with Gasteiger partial charge in [-0.3, -0.25) is 10.4 Å². The van der Waals surface area contributed by atoms with E-state index in [4.69, 9.17) is 34.3 Å². The van der Waals surface area contributed by atoms with Crippen LogP contribution in [0.3, 0.4) is 0 Å². The number of nitrogens with two attached hydrogens (primary N) is 1. The normalized spacial score (nSPS) is 9.08. The topological polar surface area (TPSA) is 62.8 Å². The van der Waals surface area contributed by atoms with E-state index in [1.165, 1.54) is 12.4 Å². The third-order valence-corrected chi connectivity index (χ3v) is 2.68. The minimum absolute atomic E-state index is 0. The number of thioether (sulfide) groups is 1. The van der Waals surface area contributed by atoms with Crippen molar-refractivity contribution in [2.45, 2.75) is 4.90 Å². The Morgan fingerprint density at radius 1 is 1.38 bits per heavy atom. The molecule has 0 radical (unpaired) electrons. The molecular formula is C6H6Cl3N3S. The van der Waals surface area contributed by atoms with E-state index >= 15 is 0 Å². The monoisotopic (exact) mass is 257 g/mol. The average molecular weight is 259 g/mol. The van der Waals surface area contributed by atoms with Gasteiger partial charge in [-0.2, -0.15) is 0 Å². The van der Waals surface area contributed by atoms with Gasteiger partial charge in [0.05, 0.1) is 14.9 Å². The molecule has 0 aromatic carbocycles. The first-order chi connectivity index (χ1) is 5.61. The van der Waals surface area contributed by atoms with Crippen molar-refractivity contribution in [3.05, 3.63) is 22.4 Å². The third-order valence-electron chi connectivity index (χ3n) is 1.02. The summed E-state index contributed by atoms with van der Waals surface area (Å²) in [6, 6.07) is 0. The van der Waals surface area contributed by atoms with E-state index in [2.05, 4.69) is 4.98 Å². The van der Waals surface area contributed by atoms with Crippen molar-refractivity contribution in [2.24, 2.45) is 5.73 Å². The van der Waals surface area contributed by atoms with E-state index in [0.29, 0.717) is 14.9 Å². The summed E-state index contributed by atoms with van der Waals surface area (Å²) in [5.41, 5.74) is 5.17. The summed E-state index contributed by atoms with van der Waals surface area (Å²) >= 11 is 12.5. The van der Waals surface area contributed by atoms with Gasteiger partial charge in [0, 0.05) is 12.4 Å². The molecule has 0 amide bonds. The Kier molecular flexibility index (Phi) is 5.48. The lowest BCUT2D eigenvalue weighted by Gasteiger charge is -2.02. The fourth-order valence-corrected chi connectivity index (χ4v) is 1.72. The summed E-state index contributed by atoms with van der Waals surface area (Å²) in [7, 11) is 0. The number of hydrogen-bond donors (Lipinski definition) is 2. The van der Waals surface area contributed by atoms with Crippen molar-refractivity contribution in [1.29, 1.82) is 5.41 Å². The quantitative estimate of drug-likeness (QED) is 0.462. The van der Waals surface area contributed by atoms with E-state index in [0.717, 1.165) is 11.8 Å². The Morgan fingerprint density at radius 2 is 1.85 bits per heavy atom. The Balaban J connectivity index is 0.00000144. The molecule has 0 aliphatic carbocycles. The minimum atomic E-state index is -0.0509. The first kappa shape index (κ1) is 12.8. The predicted molar refractivity (Wildman–Crippen MR) is 59.3 cm³/mol. The second-order valence-corrected chi connectivity index (χ2v) is 3.77. The van der Waals surface area contributed by atoms with E-state index in [1.54, 1.807) is 0 Å². The van der Waals surface area contributed by atoms with Crippen LogP contribution in [0.5, 0.6) is 0 Å². The molecule has 1 aromatic rings. The van der Waals surface area contributed by atoms with Gasteiger partial charge in [0.2, 0.25) is 0 Å². The molecule has 0 fully saturated rings. The van der Waals surface area contributed by atoms with Crippen LogP contribution in [0.2, 0.25) is 10.0 Å². The highest BCUT2D eigenvalue weighted by molar-refractivity contribution is 8.13. The summed E-state index contributed by atoms with van der Waals surface area (Å²) < 4.78 is 0. The van der Waals surface area contributed by atoms with Gasteiger partial charge in [-0.1, -0.05) is 23.2 Å². The largest absolute Gasteiger partial charge is 0.378 e. The van der Waals surface area contributed by atoms with Crippen LogP contribution in [0.1, 0.15) is 0 Å². The van der Waals surface area contributed by atoms with Gasteiger partial charge in [-0.15, -0.1) is 12.4 Å². The second-order valence-electron chi connectivity index (χ2n) is 1.90. The molecule has 1 heterocycles. The number of amidine groups is 1. The molecule has 1 aromatic heterocycles. The summed E-state index contributed by atoms with van der Waals surface area (Å²) in [5, 5.41) is 7.79. The number of pyridine rings is 1. The van der Waals surface area contributed by atoms with Crippen molar-refractivity contribution >= 4 is 52.5 Å². The highest BCUT2D eigenvalue weighted by atomic mass is 35.5. The van der Waals surface area contributed by atoms with Crippen molar-refractivity contribution in [3.8, 4) is 0 Å². The molecule has 0 unspecified atom stereocenters. The number of rotatable bonds is 1. The van der Waals surface area contributed by atoms with Crippen LogP contribution < -0.4 is 5.73 Å². The maximum Gasteiger partial charge on any atom is 0.156 e. The standard InChI is InChI=1S/C6H5Cl2N3S.ClH/c7-3-1-11-2-4(8)5(3)12-6(9)10;/h1-2H,(H3,9,10);1H. The zero-order chi connectivity index (χ0) is 9.14. The number of nitrogens with zero attached hydrogens (tertiary/aromatic N) is 1. The average Bonchev–Trinajstić information content (AvgIpc) is 1.97. The fourth-order valence-electron chi connectivity index (χ4n) is 0.607. The molecule has 1 rings (SSSR count). The molecule has 3 nitrogen and oxygen atoms in total. The van der Waals surface area contributed by atoms with Crippen LogP contribution in [-0.4, -0.2) is 10.2 Å². The van der Waals surface area contributed by atoms with Crippen molar-refractivity contribution < 1.29 is 0 Å². The summed E-state index contributed by atoms with van der Waals surface area (Å²) in [5.74, 6) is 0. The molecule has 13 heavy (non-hydrogen) atoms. The van der Waals surface area contributed by atoms with Crippen molar-refractivity contribution in [2.75, 3.05) is 0 Å². The van der Waals surface area contributed by atoms with Crippen molar-refractivity contribution in [3.63, 3.8) is 0 Å². The molecule has 0 saturated carbocycles. The van der Waals surface area contributed by atoms with Crippen LogP contribution in [0, 0.1) is 5.41 Å². The van der Waals surface area contributed by atoms with Gasteiger partial charge in [-0.05, 0) is 11.8 Å². The van der Waals surface area contributed by atoms with E-state index < -0.39 is 0 Å². The SMILES string of the molecule is Cl.N=C(N)Sc1c(Cl)cncc1Cl. The van der Waals surface area contributed by atoms with Crippen LogP contribution in [0.25, 0.3) is 0 Å². The summed E-state index contributed by atoms with van der Waals surface area (Å²) in [4.78, 5) is 4.33. The number of aromatic nitrogens is 1. The molecule has 72 valence electrons. The Bertz CT molecular complexity index is 298. The molecular weight excluding hydrogens is 253 g/mol. The Hall–Kier alpha value is -0.160. The maximum absolute atomic E-state index is 7.03. The molecule has 0 atom stereocenters. The lowest BCUT2D eigenvalue weighted by molar-refractivity contribution is 1.26. The van der Waals surface area contributed by atoms with Crippen LogP contribution in [0.4, 0.5) is 0 Å². The fraction of sp³-hybridized carbons (Fsp3) is 0. The molecule has 0 saturated heterocycles. The Labute approximate surface area is 95.9 Å². The van der Waals surface area contributed by atoms with Gasteiger partial charge in [0.25, 0.3) is 0 Å². The lowest BCUT2D eigenvalue weighted by Crippen LogP contribution is -2.03. The van der Waals surface area contributed by atoms with E-state index in [-0.39, 0.29) is 17.6 Å². The zero-order valence-electron chi connectivity index (χ0n) is 6.25. The van der Waals surface area contributed by atoms with Gasteiger partial charge < -0.3 is 5.73 Å². The van der Waals surface area contributed by atoms with Crippen molar-refractivity contribution in [1.82, 2.24) is 4.98 Å². The Morgan fingerprint density at radius 3 is 2.23 bits per heavy atom.